The number of hydrogen-bond donors (Lipinski definition) is 4. The number of nitrogens with one attached hydrogen (secondary N) is 3. The van der Waals surface area contributed by atoms with Crippen molar-refractivity contribution in [1.29, 1.82) is 5.41 Å². The lowest BCUT2D eigenvalue weighted by Crippen LogP contribution is -2.18. The topological polar surface area (TPSA) is 144 Å². The van der Waals surface area contributed by atoms with Crippen molar-refractivity contribution in [2.24, 2.45) is 5.73 Å². The second kappa shape index (κ2) is 8.93. The zero-order valence-electron chi connectivity index (χ0n) is 18.7. The van der Waals surface area contributed by atoms with Gasteiger partial charge in [0.25, 0.3) is 0 Å². The summed E-state index contributed by atoms with van der Waals surface area (Å²) in [6.07, 6.45) is 2.10. The highest BCUT2D eigenvalue weighted by Crippen LogP contribution is 2.39. The molecule has 10 nitrogen and oxygen atoms in total. The first-order chi connectivity index (χ1) is 16.9. The first-order valence-corrected chi connectivity index (χ1v) is 10.8. The van der Waals surface area contributed by atoms with Crippen molar-refractivity contribution in [2.75, 3.05) is 19.0 Å². The molecule has 0 radical (unpaired) electrons. The van der Waals surface area contributed by atoms with E-state index in [0.717, 1.165) is 15.8 Å². The third-order valence-corrected chi connectivity index (χ3v) is 5.68. The van der Waals surface area contributed by atoms with Gasteiger partial charge in [0, 0.05) is 29.4 Å². The number of H-pyrrole nitrogens is 1. The van der Waals surface area contributed by atoms with E-state index in [9.17, 15) is 9.18 Å². The number of nitrogens with two attached hydrogens (primary N) is 1. The summed E-state index contributed by atoms with van der Waals surface area (Å²) in [5.41, 5.74) is 7.92. The first-order valence-electron chi connectivity index (χ1n) is 10.8. The van der Waals surface area contributed by atoms with Crippen molar-refractivity contribution in [2.45, 2.75) is 12.5 Å². The maximum absolute atomic E-state index is 14.3. The number of hydrogen-bond acceptors (Lipinski definition) is 7. The number of nitrogens with zero attached hydrogens (tertiary/aromatic N) is 3. The molecule has 0 amide bonds. The van der Waals surface area contributed by atoms with Gasteiger partial charge in [-0.2, -0.15) is 4.68 Å². The fourth-order valence-corrected chi connectivity index (χ4v) is 3.98. The van der Waals surface area contributed by atoms with Gasteiger partial charge in [0.05, 0.1) is 13.7 Å². The molecule has 1 aliphatic rings. The van der Waals surface area contributed by atoms with Gasteiger partial charge in [0.15, 0.2) is 29.0 Å². The second-order valence-corrected chi connectivity index (χ2v) is 7.91. The lowest BCUT2D eigenvalue weighted by molar-refractivity contribution is 0.326. The normalized spacial score (nSPS) is 13.1. The maximum Gasteiger partial charge on any atom is 0.349 e. The van der Waals surface area contributed by atoms with Gasteiger partial charge >= 0.3 is 5.69 Å². The molecule has 0 unspecified atom stereocenters. The Morgan fingerprint density at radius 3 is 2.83 bits per heavy atom. The van der Waals surface area contributed by atoms with Gasteiger partial charge in [-0.1, -0.05) is 0 Å². The summed E-state index contributed by atoms with van der Waals surface area (Å²) >= 11 is 0. The Kier molecular flexibility index (Phi) is 5.65. The van der Waals surface area contributed by atoms with Crippen molar-refractivity contribution >= 4 is 11.5 Å². The lowest BCUT2D eigenvalue weighted by atomic mass is 10.0. The maximum atomic E-state index is 14.3. The fourth-order valence-electron chi connectivity index (χ4n) is 3.98. The van der Waals surface area contributed by atoms with Crippen LogP contribution >= 0.6 is 0 Å². The lowest BCUT2D eigenvalue weighted by Gasteiger charge is -2.20. The Morgan fingerprint density at radius 2 is 2.11 bits per heavy atom. The predicted molar refractivity (Wildman–Crippen MR) is 127 cm³/mol. The standard InChI is InChI=1S/C24H22FN7O3/c1-34-18-12-15(11-14-8-10-35-20(14)18)19(29-16-6-4-13(5-7-16)21(26)27)22-30-24(33)32(31-22)23-17(25)3-2-9-28-23/h2-7,9,11-12,19,29H,8,10H2,1H3,(H3,26,27)(H,30,31,33)/t19-/m0/s1. The number of aromatic amines is 1. The smallest absolute Gasteiger partial charge is 0.349 e. The van der Waals surface area contributed by atoms with Crippen LogP contribution in [0.4, 0.5) is 10.1 Å². The van der Waals surface area contributed by atoms with Crippen molar-refractivity contribution in [1.82, 2.24) is 19.7 Å². The quantitative estimate of drug-likeness (QED) is 0.237. The van der Waals surface area contributed by atoms with Gasteiger partial charge in [-0.15, -0.1) is 5.10 Å². The number of ether oxygens (including phenoxy) is 2. The Hall–Kier alpha value is -4.67. The zero-order valence-corrected chi connectivity index (χ0v) is 18.7. The highest BCUT2D eigenvalue weighted by atomic mass is 19.1. The van der Waals surface area contributed by atoms with Crippen molar-refractivity contribution < 1.29 is 13.9 Å². The molecule has 178 valence electrons. The minimum absolute atomic E-state index is 0.0445. The number of pyridine rings is 1. The van der Waals surface area contributed by atoms with E-state index in [1.165, 1.54) is 18.3 Å². The Bertz CT molecular complexity index is 1460. The first kappa shape index (κ1) is 22.1. The van der Waals surface area contributed by atoms with Crippen molar-refractivity contribution in [3.63, 3.8) is 0 Å². The van der Waals surface area contributed by atoms with Crippen LogP contribution in [0.3, 0.4) is 0 Å². The van der Waals surface area contributed by atoms with Crippen LogP contribution in [0.5, 0.6) is 11.5 Å². The molecule has 0 spiro atoms. The van der Waals surface area contributed by atoms with E-state index < -0.39 is 17.5 Å². The molecule has 1 aliphatic heterocycles. The van der Waals surface area contributed by atoms with Gasteiger partial charge in [-0.05, 0) is 54.1 Å². The number of halogens is 1. The Balaban J connectivity index is 1.61. The fraction of sp³-hybridized carbons (Fsp3) is 0.167. The molecular formula is C24H22FN7O3. The number of fused-ring (bicyclic) bond motifs is 1. The number of methoxy groups -OCH3 is 1. The minimum atomic E-state index is -0.673. The monoisotopic (exact) mass is 475 g/mol. The number of benzene rings is 2. The average Bonchev–Trinajstić information content (AvgIpc) is 3.49. The summed E-state index contributed by atoms with van der Waals surface area (Å²) in [5, 5.41) is 15.3. The van der Waals surface area contributed by atoms with Gasteiger partial charge in [-0.25, -0.2) is 14.2 Å². The summed E-state index contributed by atoms with van der Waals surface area (Å²) < 4.78 is 26.5. The van der Waals surface area contributed by atoms with E-state index >= 15 is 0 Å². The summed E-state index contributed by atoms with van der Waals surface area (Å²) in [4.78, 5) is 19.4. The van der Waals surface area contributed by atoms with Gasteiger partial charge < -0.3 is 20.5 Å². The van der Waals surface area contributed by atoms with Crippen LogP contribution in [0.2, 0.25) is 0 Å². The highest BCUT2D eigenvalue weighted by molar-refractivity contribution is 5.95. The molecule has 4 aromatic rings. The number of rotatable bonds is 7. The molecule has 35 heavy (non-hydrogen) atoms. The molecule has 3 heterocycles. The van der Waals surface area contributed by atoms with Gasteiger partial charge in [0.2, 0.25) is 0 Å². The van der Waals surface area contributed by atoms with E-state index in [4.69, 9.17) is 20.6 Å². The molecule has 0 fully saturated rings. The summed E-state index contributed by atoms with van der Waals surface area (Å²) in [6, 6.07) is 12.7. The molecule has 2 aromatic carbocycles. The highest BCUT2D eigenvalue weighted by Gasteiger charge is 2.26. The molecule has 0 saturated carbocycles. The van der Waals surface area contributed by atoms with E-state index in [1.807, 2.05) is 12.1 Å². The molecule has 0 bridgehead atoms. The predicted octanol–water partition coefficient (Wildman–Crippen LogP) is 2.52. The summed E-state index contributed by atoms with van der Waals surface area (Å²) in [5.74, 6) is 0.577. The summed E-state index contributed by atoms with van der Waals surface area (Å²) in [6.45, 7) is 0.546. The van der Waals surface area contributed by atoms with Crippen LogP contribution in [0, 0.1) is 11.2 Å². The molecule has 5 N–H and O–H groups in total. The number of nitrogen functional groups attached to an aromatic ring is 1. The molecule has 11 heteroatoms. The average molecular weight is 475 g/mol. The molecule has 1 atom stereocenters. The van der Waals surface area contributed by atoms with Crippen LogP contribution in [0.25, 0.3) is 5.82 Å². The van der Waals surface area contributed by atoms with Gasteiger partial charge in [-0.3, -0.25) is 10.4 Å². The number of aromatic nitrogens is 4. The van der Waals surface area contributed by atoms with Crippen molar-refractivity contribution in [3.05, 3.63) is 93.5 Å². The van der Waals surface area contributed by atoms with Crippen LogP contribution in [0.1, 0.15) is 28.6 Å². The third-order valence-electron chi connectivity index (χ3n) is 5.68. The van der Waals surface area contributed by atoms with Crippen LogP contribution < -0.4 is 26.2 Å². The molecular weight excluding hydrogens is 453 g/mol. The third kappa shape index (κ3) is 4.19. The number of amidine groups is 1. The largest absolute Gasteiger partial charge is 0.493 e. The second-order valence-electron chi connectivity index (χ2n) is 7.91. The number of anilines is 1. The van der Waals surface area contributed by atoms with E-state index in [2.05, 4.69) is 20.4 Å². The Morgan fingerprint density at radius 1 is 1.31 bits per heavy atom. The Labute approximate surface area is 199 Å². The van der Waals surface area contributed by atoms with Crippen molar-refractivity contribution in [3.8, 4) is 17.3 Å². The van der Waals surface area contributed by atoms with Crippen LogP contribution in [-0.2, 0) is 6.42 Å². The van der Waals surface area contributed by atoms with Crippen LogP contribution in [-0.4, -0.2) is 39.3 Å². The van der Waals surface area contributed by atoms with Gasteiger partial charge in [0.1, 0.15) is 11.9 Å². The van der Waals surface area contributed by atoms with E-state index in [0.29, 0.717) is 35.8 Å². The molecule has 0 aliphatic carbocycles. The van der Waals surface area contributed by atoms with E-state index in [1.54, 1.807) is 31.4 Å². The van der Waals surface area contributed by atoms with E-state index in [-0.39, 0.29) is 17.5 Å². The zero-order chi connectivity index (χ0) is 24.5. The summed E-state index contributed by atoms with van der Waals surface area (Å²) in [7, 11) is 1.56. The van der Waals surface area contributed by atoms with Crippen LogP contribution in [0.15, 0.2) is 59.5 Å². The minimum Gasteiger partial charge on any atom is -0.493 e. The SMILES string of the molecule is COc1cc([C@H](Nc2ccc(C(=N)N)cc2)c2nn(-c3ncccc3F)c(=O)[nH]2)cc2c1OCC2. The molecule has 5 rings (SSSR count). The molecule has 0 saturated heterocycles. The molecule has 2 aromatic heterocycles.